The maximum absolute atomic E-state index is 13.9. The van der Waals surface area contributed by atoms with Crippen molar-refractivity contribution in [1.29, 1.82) is 0 Å². The molecule has 9 nitrogen and oxygen atoms in total. The maximum Gasteiger partial charge on any atom is 0.408 e. The zero-order valence-electron chi connectivity index (χ0n) is 21.2. The van der Waals surface area contributed by atoms with E-state index in [-0.39, 0.29) is 12.5 Å². The highest BCUT2D eigenvalue weighted by Gasteiger charge is 2.49. The number of nitrogens with zero attached hydrogens (tertiary/aromatic N) is 5. The Labute approximate surface area is 209 Å². The first-order valence-electron chi connectivity index (χ1n) is 12.4. The lowest BCUT2D eigenvalue weighted by Crippen LogP contribution is -2.60. The van der Waals surface area contributed by atoms with E-state index in [1.165, 1.54) is 6.33 Å². The molecule has 0 radical (unpaired) electrons. The van der Waals surface area contributed by atoms with Gasteiger partial charge in [-0.15, -0.1) is 0 Å². The second-order valence-corrected chi connectivity index (χ2v) is 11.3. The van der Waals surface area contributed by atoms with Crippen molar-refractivity contribution in [3.63, 3.8) is 0 Å². The van der Waals surface area contributed by atoms with Crippen LogP contribution in [0.25, 0.3) is 5.65 Å². The Kier molecular flexibility index (Phi) is 6.74. The van der Waals surface area contributed by atoms with Crippen molar-refractivity contribution in [2.75, 3.05) is 13.1 Å². The summed E-state index contributed by atoms with van der Waals surface area (Å²) in [6, 6.07) is 4.34. The van der Waals surface area contributed by atoms with E-state index in [2.05, 4.69) is 10.1 Å². The number of hydrogen-bond acceptors (Lipinski definition) is 5. The van der Waals surface area contributed by atoms with Gasteiger partial charge in [-0.25, -0.2) is 23.1 Å². The Hall–Kier alpha value is -2.82. The molecule has 4 rings (SSSR count). The Morgan fingerprint density at radius 3 is 2.42 bits per heavy atom. The lowest BCUT2D eigenvalue weighted by atomic mass is 9.70. The molecule has 2 N–H and O–H groups in total. The molecule has 0 bridgehead atoms. The fourth-order valence-electron chi connectivity index (χ4n) is 5.86. The number of amides is 2. The molecule has 36 heavy (non-hydrogen) atoms. The quantitative estimate of drug-likeness (QED) is 0.638. The molecule has 0 aromatic carbocycles. The number of alkyl halides is 2. The summed E-state index contributed by atoms with van der Waals surface area (Å²) in [6.07, 6.45) is 1.62. The third kappa shape index (κ3) is 4.89. The van der Waals surface area contributed by atoms with Crippen LogP contribution in [0.3, 0.4) is 0 Å². The first-order chi connectivity index (χ1) is 16.7. The minimum atomic E-state index is -2.97. The van der Waals surface area contributed by atoms with Gasteiger partial charge in [-0.3, -0.25) is 9.69 Å². The van der Waals surface area contributed by atoms with E-state index in [1.807, 2.05) is 19.1 Å². The molecule has 11 heteroatoms. The van der Waals surface area contributed by atoms with Crippen molar-refractivity contribution in [3.8, 4) is 0 Å². The van der Waals surface area contributed by atoms with Crippen LogP contribution in [0.1, 0.15) is 65.5 Å². The van der Waals surface area contributed by atoms with Crippen molar-refractivity contribution in [2.45, 2.75) is 82.9 Å². The van der Waals surface area contributed by atoms with E-state index in [0.717, 1.165) is 9.80 Å². The molecule has 2 fully saturated rings. The molecule has 0 spiro atoms. The predicted octanol–water partition coefficient (Wildman–Crippen LogP) is 3.76. The Morgan fingerprint density at radius 2 is 1.86 bits per heavy atom. The van der Waals surface area contributed by atoms with E-state index in [4.69, 9.17) is 0 Å². The minimum absolute atomic E-state index is 0.0820. The van der Waals surface area contributed by atoms with Crippen molar-refractivity contribution in [1.82, 2.24) is 24.4 Å². The van der Waals surface area contributed by atoms with Crippen LogP contribution in [-0.4, -0.2) is 77.2 Å². The van der Waals surface area contributed by atoms with Crippen LogP contribution >= 0.6 is 0 Å². The molecule has 1 saturated carbocycles. The molecule has 1 saturated heterocycles. The predicted molar refractivity (Wildman–Crippen MR) is 128 cm³/mol. The SMILES string of the molecule is C[C@H](C1CCC(O)(c2cccc3ncnn23)CC1)[C@@H](C(=O)N1CCC(F)(F)C1)N(C(=O)O)C(C)(C)C. The normalized spacial score (nSPS) is 26.1. The van der Waals surface area contributed by atoms with Crippen molar-refractivity contribution >= 4 is 17.6 Å². The molecule has 2 aliphatic rings. The minimum Gasteiger partial charge on any atom is -0.465 e. The number of aromatic nitrogens is 3. The van der Waals surface area contributed by atoms with E-state index >= 15 is 0 Å². The molecular weight excluding hydrogens is 472 g/mol. The number of fused-ring (bicyclic) bond motifs is 1. The third-order valence-corrected chi connectivity index (χ3v) is 7.82. The van der Waals surface area contributed by atoms with Gasteiger partial charge < -0.3 is 15.1 Å². The summed E-state index contributed by atoms with van der Waals surface area (Å²) < 4.78 is 29.5. The molecule has 2 aromatic rings. The van der Waals surface area contributed by atoms with Gasteiger partial charge in [0.15, 0.2) is 5.65 Å². The number of pyridine rings is 1. The molecule has 198 valence electrons. The number of carboxylic acid groups (broad SMARTS) is 1. The van der Waals surface area contributed by atoms with Crippen LogP contribution in [0.15, 0.2) is 24.5 Å². The molecule has 1 aliphatic carbocycles. The first kappa shape index (κ1) is 26.2. The summed E-state index contributed by atoms with van der Waals surface area (Å²) in [5, 5.41) is 25.8. The smallest absolute Gasteiger partial charge is 0.408 e. The van der Waals surface area contributed by atoms with Crippen LogP contribution < -0.4 is 0 Å². The molecule has 0 unspecified atom stereocenters. The zero-order chi connectivity index (χ0) is 26.5. The van der Waals surface area contributed by atoms with Gasteiger partial charge in [0.2, 0.25) is 5.91 Å². The largest absolute Gasteiger partial charge is 0.465 e. The summed E-state index contributed by atoms with van der Waals surface area (Å²) in [4.78, 5) is 32.4. The van der Waals surface area contributed by atoms with Crippen molar-refractivity contribution in [2.24, 2.45) is 11.8 Å². The van der Waals surface area contributed by atoms with E-state index in [9.17, 15) is 28.6 Å². The molecule has 2 atom stereocenters. The van der Waals surface area contributed by atoms with Gasteiger partial charge in [0.05, 0.1) is 12.2 Å². The van der Waals surface area contributed by atoms with Gasteiger partial charge in [0.1, 0.15) is 18.0 Å². The van der Waals surface area contributed by atoms with Crippen LogP contribution in [0, 0.1) is 11.8 Å². The lowest BCUT2D eigenvalue weighted by molar-refractivity contribution is -0.142. The monoisotopic (exact) mass is 507 g/mol. The van der Waals surface area contributed by atoms with Crippen LogP contribution in [-0.2, 0) is 10.4 Å². The van der Waals surface area contributed by atoms with Gasteiger partial charge >= 0.3 is 6.09 Å². The average molecular weight is 508 g/mol. The fraction of sp³-hybridized carbons (Fsp3) is 0.680. The number of halogens is 2. The summed E-state index contributed by atoms with van der Waals surface area (Å²) in [7, 11) is 0. The Balaban J connectivity index is 1.58. The molecule has 2 amide bonds. The fourth-order valence-corrected chi connectivity index (χ4v) is 5.86. The summed E-state index contributed by atoms with van der Waals surface area (Å²) in [5.74, 6) is -4.07. The second-order valence-electron chi connectivity index (χ2n) is 11.3. The topological polar surface area (TPSA) is 111 Å². The van der Waals surface area contributed by atoms with Gasteiger partial charge in [0, 0.05) is 18.5 Å². The van der Waals surface area contributed by atoms with Crippen LogP contribution in [0.5, 0.6) is 0 Å². The number of aliphatic hydroxyl groups is 1. The van der Waals surface area contributed by atoms with Gasteiger partial charge in [-0.05, 0) is 70.4 Å². The first-order valence-corrected chi connectivity index (χ1v) is 12.4. The summed E-state index contributed by atoms with van der Waals surface area (Å²) in [5.41, 5.74) is -0.791. The van der Waals surface area contributed by atoms with E-state index in [1.54, 1.807) is 31.4 Å². The van der Waals surface area contributed by atoms with Crippen molar-refractivity contribution < 1.29 is 28.6 Å². The highest BCUT2D eigenvalue weighted by atomic mass is 19.3. The molecular formula is C25H35F2N5O4. The summed E-state index contributed by atoms with van der Waals surface area (Å²) in [6.45, 7) is 6.13. The number of carbonyl (C=O) groups excluding carboxylic acids is 1. The van der Waals surface area contributed by atoms with E-state index < -0.39 is 54.0 Å². The Morgan fingerprint density at radius 1 is 1.19 bits per heavy atom. The zero-order valence-corrected chi connectivity index (χ0v) is 21.2. The molecule has 3 heterocycles. The highest BCUT2D eigenvalue weighted by Crippen LogP contribution is 2.44. The number of carbonyl (C=O) groups is 2. The van der Waals surface area contributed by atoms with Gasteiger partial charge in [-0.1, -0.05) is 13.0 Å². The number of rotatable bonds is 5. The molecule has 1 aliphatic heterocycles. The second kappa shape index (κ2) is 9.24. The standard InChI is InChI=1S/C25H35F2N5O4/c1-16(17-8-10-24(36,11-9-17)18-6-5-7-19-28-15-29-32(18)19)20(31(22(34)35)23(2,3)4)21(33)30-13-12-25(26,27)14-30/h5-7,15-17,20,36H,8-14H2,1-4H3,(H,34,35)/t16-,17?,20+,24?/m1/s1. The van der Waals surface area contributed by atoms with Crippen LogP contribution in [0.4, 0.5) is 13.6 Å². The molecule has 2 aromatic heterocycles. The van der Waals surface area contributed by atoms with E-state index in [0.29, 0.717) is 37.0 Å². The van der Waals surface area contributed by atoms with Crippen LogP contribution in [0.2, 0.25) is 0 Å². The maximum atomic E-state index is 13.9. The number of hydrogen-bond donors (Lipinski definition) is 2. The number of likely N-dealkylation sites (tertiary alicyclic amines) is 1. The van der Waals surface area contributed by atoms with Crippen molar-refractivity contribution in [3.05, 3.63) is 30.2 Å². The average Bonchev–Trinajstić information content (AvgIpc) is 3.41. The van der Waals surface area contributed by atoms with Gasteiger partial charge in [-0.2, -0.15) is 5.10 Å². The Bertz CT molecular complexity index is 1120. The van der Waals surface area contributed by atoms with Gasteiger partial charge in [0.25, 0.3) is 5.92 Å². The lowest BCUT2D eigenvalue weighted by Gasteiger charge is -2.46. The summed E-state index contributed by atoms with van der Waals surface area (Å²) >= 11 is 0. The third-order valence-electron chi connectivity index (χ3n) is 7.82. The highest BCUT2D eigenvalue weighted by molar-refractivity contribution is 5.86.